The zero-order valence-electron chi connectivity index (χ0n) is 19.4. The van der Waals surface area contributed by atoms with Gasteiger partial charge in [0.2, 0.25) is 0 Å². The van der Waals surface area contributed by atoms with Crippen LogP contribution in [-0.2, 0) is 16.1 Å². The third-order valence-corrected chi connectivity index (χ3v) is 6.29. The van der Waals surface area contributed by atoms with Gasteiger partial charge in [-0.25, -0.2) is 23.7 Å². The number of ether oxygens (including phenoxy) is 2. The standard InChI is InChI=1S/C23H28FN7O3/c1-13-14(2)34-11-15-8-16(20(24)18(9-15)30-4-6-33-7-5-30)28-19-10-17(25-3)21-22(29-19)31(12-26-21)23(32)27-13/h8-10,12-14H,4-7,11H2,1-3H3,(H,27,32)(H2,25,28,29)/t13-,14-/m1/s1. The molecule has 2 aliphatic heterocycles. The first-order valence-electron chi connectivity index (χ1n) is 11.3. The van der Waals surface area contributed by atoms with Crippen molar-refractivity contribution in [1.82, 2.24) is 19.9 Å². The SMILES string of the molecule is CNc1cc2nc3c1ncn3C(=O)N[C@H](C)[C@@H](C)OCc1cc(c(F)c(N3CCOCC3)c1)N2. The van der Waals surface area contributed by atoms with Gasteiger partial charge in [0, 0.05) is 26.2 Å². The smallest absolute Gasteiger partial charge is 0.328 e. The van der Waals surface area contributed by atoms with Crippen LogP contribution in [0.15, 0.2) is 24.5 Å². The number of hydrogen-bond acceptors (Lipinski definition) is 8. The highest BCUT2D eigenvalue weighted by atomic mass is 19.1. The Bertz CT molecular complexity index is 1220. The second kappa shape index (κ2) is 9.07. The number of nitrogens with zero attached hydrogens (tertiary/aromatic N) is 4. The van der Waals surface area contributed by atoms with Crippen LogP contribution in [0.3, 0.4) is 0 Å². The molecule has 0 aliphatic carbocycles. The number of imidazole rings is 1. The molecule has 1 saturated heterocycles. The van der Waals surface area contributed by atoms with Gasteiger partial charge in [-0.05, 0) is 31.5 Å². The molecule has 2 aliphatic rings. The van der Waals surface area contributed by atoms with Gasteiger partial charge < -0.3 is 30.3 Å². The molecule has 0 saturated carbocycles. The van der Waals surface area contributed by atoms with Crippen LogP contribution in [0.1, 0.15) is 19.4 Å². The number of aromatic nitrogens is 3. The zero-order valence-corrected chi connectivity index (χ0v) is 19.4. The van der Waals surface area contributed by atoms with Crippen LogP contribution in [0.2, 0.25) is 0 Å². The monoisotopic (exact) mass is 469 g/mol. The van der Waals surface area contributed by atoms with E-state index in [1.54, 1.807) is 19.2 Å². The molecule has 0 spiro atoms. The third kappa shape index (κ3) is 4.12. The number of hydrogen-bond donors (Lipinski definition) is 3. The van der Waals surface area contributed by atoms with Crippen LogP contribution in [0.5, 0.6) is 0 Å². The van der Waals surface area contributed by atoms with E-state index in [4.69, 9.17) is 9.47 Å². The molecule has 10 nitrogen and oxygen atoms in total. The second-order valence-electron chi connectivity index (χ2n) is 8.55. The van der Waals surface area contributed by atoms with Gasteiger partial charge in [-0.3, -0.25) is 0 Å². The molecule has 4 heterocycles. The maximum atomic E-state index is 15.7. The zero-order chi connectivity index (χ0) is 23.8. The van der Waals surface area contributed by atoms with Crippen LogP contribution >= 0.6 is 0 Å². The molecule has 2 atom stereocenters. The number of carbonyl (C=O) groups is 1. The minimum absolute atomic E-state index is 0.262. The summed E-state index contributed by atoms with van der Waals surface area (Å²) in [4.78, 5) is 23.9. The van der Waals surface area contributed by atoms with Gasteiger partial charge in [0.15, 0.2) is 11.5 Å². The lowest BCUT2D eigenvalue weighted by atomic mass is 10.1. The summed E-state index contributed by atoms with van der Waals surface area (Å²) in [5, 5.41) is 9.15. The molecule has 180 valence electrons. The molecule has 11 heteroatoms. The summed E-state index contributed by atoms with van der Waals surface area (Å²) in [5.74, 6) is 0.00749. The molecule has 0 radical (unpaired) electrons. The maximum Gasteiger partial charge on any atom is 0.328 e. The fraction of sp³-hybridized carbons (Fsp3) is 0.435. The van der Waals surface area contributed by atoms with Crippen molar-refractivity contribution in [2.75, 3.05) is 48.9 Å². The topological polar surface area (TPSA) is 106 Å². The number of fused-ring (bicyclic) bond motifs is 3. The summed E-state index contributed by atoms with van der Waals surface area (Å²) in [7, 11) is 1.76. The molecule has 1 amide bonds. The number of amides is 1. The molecular formula is C23H28FN7O3. The number of nitrogens with one attached hydrogen (secondary N) is 3. The molecule has 3 N–H and O–H groups in total. The Morgan fingerprint density at radius 3 is 2.76 bits per heavy atom. The Kier molecular flexibility index (Phi) is 5.96. The molecule has 4 bridgehead atoms. The minimum Gasteiger partial charge on any atom is -0.386 e. The highest BCUT2D eigenvalue weighted by molar-refractivity contribution is 5.94. The Morgan fingerprint density at radius 2 is 2.00 bits per heavy atom. The highest BCUT2D eigenvalue weighted by Gasteiger charge is 2.23. The quantitative estimate of drug-likeness (QED) is 0.526. The Balaban J connectivity index is 1.65. The molecule has 5 rings (SSSR count). The lowest BCUT2D eigenvalue weighted by molar-refractivity contribution is 0.0337. The normalized spacial score (nSPS) is 21.2. The molecule has 3 aromatic rings. The van der Waals surface area contributed by atoms with Gasteiger partial charge in [-0.2, -0.15) is 0 Å². The van der Waals surface area contributed by atoms with Gasteiger partial charge in [0.1, 0.15) is 17.7 Å². The lowest BCUT2D eigenvalue weighted by Crippen LogP contribution is -2.42. The van der Waals surface area contributed by atoms with Crippen molar-refractivity contribution in [3.63, 3.8) is 0 Å². The van der Waals surface area contributed by atoms with E-state index in [1.807, 2.05) is 24.8 Å². The molecular weight excluding hydrogens is 441 g/mol. The van der Waals surface area contributed by atoms with Crippen LogP contribution in [0.4, 0.5) is 32.1 Å². The van der Waals surface area contributed by atoms with Crippen molar-refractivity contribution in [3.8, 4) is 0 Å². The van der Waals surface area contributed by atoms with Crippen LogP contribution < -0.4 is 20.9 Å². The third-order valence-electron chi connectivity index (χ3n) is 6.29. The van der Waals surface area contributed by atoms with E-state index in [-0.39, 0.29) is 36.3 Å². The van der Waals surface area contributed by atoms with Gasteiger partial charge >= 0.3 is 6.03 Å². The van der Waals surface area contributed by atoms with Gasteiger partial charge in [-0.15, -0.1) is 0 Å². The number of pyridine rings is 1. The molecule has 1 aromatic carbocycles. The summed E-state index contributed by atoms with van der Waals surface area (Å²) in [6.45, 7) is 6.33. The molecule has 2 aromatic heterocycles. The van der Waals surface area contributed by atoms with Crippen molar-refractivity contribution in [1.29, 1.82) is 0 Å². The summed E-state index contributed by atoms with van der Waals surface area (Å²) in [6.07, 6.45) is 1.14. The van der Waals surface area contributed by atoms with E-state index in [2.05, 4.69) is 25.9 Å². The van der Waals surface area contributed by atoms with Crippen molar-refractivity contribution < 1.29 is 18.7 Å². The molecule has 0 unspecified atom stereocenters. The van der Waals surface area contributed by atoms with E-state index in [1.165, 1.54) is 10.9 Å². The average Bonchev–Trinajstić information content (AvgIpc) is 3.27. The van der Waals surface area contributed by atoms with Gasteiger partial charge in [0.05, 0.1) is 49.0 Å². The largest absolute Gasteiger partial charge is 0.386 e. The predicted octanol–water partition coefficient (Wildman–Crippen LogP) is 3.06. The van der Waals surface area contributed by atoms with E-state index in [0.29, 0.717) is 54.7 Å². The Labute approximate surface area is 196 Å². The lowest BCUT2D eigenvalue weighted by Gasteiger charge is -2.30. The maximum absolute atomic E-state index is 15.7. The number of morpholine rings is 1. The Hall–Kier alpha value is -3.44. The van der Waals surface area contributed by atoms with E-state index in [9.17, 15) is 4.79 Å². The van der Waals surface area contributed by atoms with Crippen LogP contribution in [0.25, 0.3) is 11.2 Å². The number of benzene rings is 1. The number of carbonyl (C=O) groups excluding carboxylic acids is 1. The summed E-state index contributed by atoms with van der Waals surface area (Å²) >= 11 is 0. The Morgan fingerprint density at radius 1 is 1.21 bits per heavy atom. The second-order valence-corrected chi connectivity index (χ2v) is 8.55. The van der Waals surface area contributed by atoms with Crippen LogP contribution in [0, 0.1) is 5.82 Å². The predicted molar refractivity (Wildman–Crippen MR) is 127 cm³/mol. The van der Waals surface area contributed by atoms with Crippen molar-refractivity contribution in [2.24, 2.45) is 0 Å². The highest BCUT2D eigenvalue weighted by Crippen LogP contribution is 2.33. The molecule has 1 fully saturated rings. The summed E-state index contributed by atoms with van der Waals surface area (Å²) < 4.78 is 28.6. The van der Waals surface area contributed by atoms with E-state index in [0.717, 1.165) is 5.56 Å². The first kappa shape index (κ1) is 22.4. The minimum atomic E-state index is -0.377. The van der Waals surface area contributed by atoms with Crippen molar-refractivity contribution in [3.05, 3.63) is 35.9 Å². The van der Waals surface area contributed by atoms with Crippen molar-refractivity contribution >= 4 is 40.1 Å². The first-order chi connectivity index (χ1) is 16.4. The molecule has 34 heavy (non-hydrogen) atoms. The summed E-state index contributed by atoms with van der Waals surface area (Å²) in [5.41, 5.74) is 3.15. The van der Waals surface area contributed by atoms with Gasteiger partial charge in [0.25, 0.3) is 0 Å². The van der Waals surface area contributed by atoms with Gasteiger partial charge in [-0.1, -0.05) is 0 Å². The number of rotatable bonds is 2. The van der Waals surface area contributed by atoms with E-state index >= 15 is 4.39 Å². The number of anilines is 4. The first-order valence-corrected chi connectivity index (χ1v) is 11.3. The average molecular weight is 470 g/mol. The van der Waals surface area contributed by atoms with Crippen LogP contribution in [-0.4, -0.2) is 66.1 Å². The summed E-state index contributed by atoms with van der Waals surface area (Å²) in [6, 6.07) is 4.65. The van der Waals surface area contributed by atoms with Crippen molar-refractivity contribution in [2.45, 2.75) is 32.6 Å². The van der Waals surface area contributed by atoms with E-state index < -0.39 is 0 Å². The fourth-order valence-corrected chi connectivity index (χ4v) is 4.16. The fourth-order valence-electron chi connectivity index (χ4n) is 4.16. The number of halogens is 1.